The summed E-state index contributed by atoms with van der Waals surface area (Å²) in [6.45, 7) is 3.39. The number of aromatic nitrogens is 2. The van der Waals surface area contributed by atoms with Crippen molar-refractivity contribution in [1.29, 1.82) is 0 Å². The van der Waals surface area contributed by atoms with Crippen LogP contribution in [0.1, 0.15) is 34.3 Å². The molecule has 0 spiro atoms. The van der Waals surface area contributed by atoms with E-state index in [2.05, 4.69) is 10.4 Å². The topological polar surface area (TPSA) is 81.1 Å². The molecule has 0 atom stereocenters. The molecule has 1 aromatic heterocycles. The van der Waals surface area contributed by atoms with Gasteiger partial charge in [0, 0.05) is 17.0 Å². The Morgan fingerprint density at radius 3 is 2.58 bits per heavy atom. The molecule has 4 aromatic rings. The summed E-state index contributed by atoms with van der Waals surface area (Å²) in [5, 5.41) is 7.61. The van der Waals surface area contributed by atoms with E-state index in [0.717, 1.165) is 16.9 Å². The lowest BCUT2D eigenvalue weighted by Gasteiger charge is -2.12. The summed E-state index contributed by atoms with van der Waals surface area (Å²) < 4.78 is 42.1. The number of benzene rings is 3. The molecule has 5 rings (SSSR count). The molecule has 1 N–H and O–H groups in total. The molecule has 1 fully saturated rings. The second kappa shape index (κ2) is 7.81. The Kier molecular flexibility index (Phi) is 5.05. The van der Waals surface area contributed by atoms with Gasteiger partial charge in [0.05, 0.1) is 16.6 Å². The number of amides is 1. The van der Waals surface area contributed by atoms with E-state index in [9.17, 15) is 17.6 Å². The summed E-state index contributed by atoms with van der Waals surface area (Å²) in [5.41, 5.74) is 2.98. The van der Waals surface area contributed by atoms with Gasteiger partial charge >= 0.3 is 0 Å². The van der Waals surface area contributed by atoms with Crippen molar-refractivity contribution in [2.75, 3.05) is 0 Å². The second-order valence-electron chi connectivity index (χ2n) is 8.41. The molecular formula is C25H22FN3O3S. The lowest BCUT2D eigenvalue weighted by atomic mass is 9.96. The largest absolute Gasteiger partial charge is 0.349 e. The molecule has 168 valence electrons. The van der Waals surface area contributed by atoms with E-state index < -0.39 is 15.8 Å². The zero-order valence-corrected chi connectivity index (χ0v) is 19.0. The Labute approximate surface area is 191 Å². The van der Waals surface area contributed by atoms with Crippen molar-refractivity contribution in [1.82, 2.24) is 14.5 Å². The fraction of sp³-hybridized carbons (Fsp3) is 0.200. The highest BCUT2D eigenvalue weighted by Crippen LogP contribution is 2.31. The molecule has 8 heteroatoms. The molecule has 0 bridgehead atoms. The molecule has 33 heavy (non-hydrogen) atoms. The van der Waals surface area contributed by atoms with E-state index in [1.807, 2.05) is 0 Å². The van der Waals surface area contributed by atoms with Gasteiger partial charge in [-0.3, -0.25) is 4.79 Å². The van der Waals surface area contributed by atoms with Crippen LogP contribution in [0.4, 0.5) is 4.39 Å². The maximum atomic E-state index is 14.7. The summed E-state index contributed by atoms with van der Waals surface area (Å²) in [4.78, 5) is 12.7. The summed E-state index contributed by atoms with van der Waals surface area (Å²) in [6, 6.07) is 15.0. The number of aryl methyl sites for hydroxylation is 1. The zero-order valence-electron chi connectivity index (χ0n) is 18.2. The maximum absolute atomic E-state index is 14.7. The Morgan fingerprint density at radius 2 is 1.85 bits per heavy atom. The Balaban J connectivity index is 1.57. The first-order chi connectivity index (χ1) is 15.8. The van der Waals surface area contributed by atoms with Crippen LogP contribution in [0.2, 0.25) is 0 Å². The Hall–Kier alpha value is -3.52. The monoisotopic (exact) mass is 463 g/mol. The minimum atomic E-state index is -3.88. The predicted octanol–water partition coefficient (Wildman–Crippen LogP) is 4.59. The smallest absolute Gasteiger partial charge is 0.283 e. The number of nitrogens with zero attached hydrogens (tertiary/aromatic N) is 2. The van der Waals surface area contributed by atoms with Crippen molar-refractivity contribution in [2.24, 2.45) is 0 Å². The average Bonchev–Trinajstić information content (AvgIpc) is 3.49. The highest BCUT2D eigenvalue weighted by atomic mass is 32.2. The first-order valence-corrected chi connectivity index (χ1v) is 12.1. The normalized spacial score (nSPS) is 13.9. The second-order valence-corrected chi connectivity index (χ2v) is 10.1. The molecule has 0 saturated heterocycles. The number of halogens is 1. The molecule has 0 aliphatic heterocycles. The average molecular weight is 464 g/mol. The fourth-order valence-electron chi connectivity index (χ4n) is 3.91. The summed E-state index contributed by atoms with van der Waals surface area (Å²) in [6.07, 6.45) is 3.36. The summed E-state index contributed by atoms with van der Waals surface area (Å²) in [7, 11) is -3.88. The van der Waals surface area contributed by atoms with Crippen LogP contribution in [0.25, 0.3) is 22.0 Å². The third-order valence-corrected chi connectivity index (χ3v) is 7.72. The molecule has 0 unspecified atom stereocenters. The quantitative estimate of drug-likeness (QED) is 0.470. The number of hydrogen-bond acceptors (Lipinski definition) is 4. The summed E-state index contributed by atoms with van der Waals surface area (Å²) >= 11 is 0. The van der Waals surface area contributed by atoms with Crippen LogP contribution in [0.15, 0.2) is 65.7 Å². The van der Waals surface area contributed by atoms with Gasteiger partial charge in [-0.15, -0.1) is 0 Å². The number of fused-ring (bicyclic) bond motifs is 1. The lowest BCUT2D eigenvalue weighted by molar-refractivity contribution is 0.0950. The van der Waals surface area contributed by atoms with Gasteiger partial charge in [-0.1, -0.05) is 24.3 Å². The van der Waals surface area contributed by atoms with Crippen LogP contribution in [-0.4, -0.2) is 29.6 Å². The van der Waals surface area contributed by atoms with Crippen molar-refractivity contribution in [2.45, 2.75) is 37.6 Å². The van der Waals surface area contributed by atoms with Crippen molar-refractivity contribution in [3.8, 4) is 11.1 Å². The van der Waals surface area contributed by atoms with Gasteiger partial charge < -0.3 is 5.32 Å². The molecule has 1 heterocycles. The number of hydrogen-bond donors (Lipinski definition) is 1. The zero-order chi connectivity index (χ0) is 23.3. The van der Waals surface area contributed by atoms with Crippen LogP contribution in [-0.2, 0) is 10.0 Å². The molecule has 3 aromatic carbocycles. The van der Waals surface area contributed by atoms with Gasteiger partial charge in [-0.2, -0.15) is 17.6 Å². The van der Waals surface area contributed by atoms with E-state index in [4.69, 9.17) is 0 Å². The molecule has 6 nitrogen and oxygen atoms in total. The molecule has 0 radical (unpaired) electrons. The van der Waals surface area contributed by atoms with Gasteiger partial charge in [0.25, 0.3) is 15.9 Å². The minimum absolute atomic E-state index is 0.169. The van der Waals surface area contributed by atoms with Gasteiger partial charge in [-0.05, 0) is 79.3 Å². The molecule has 1 amide bonds. The standard InChI is InChI=1S/C25H22FN3O3S/c1-15-5-3-4-6-24(15)33(31,32)29-23-10-7-17(11-19(23)14-27-29)21-12-18(13-22(26)16(21)2)25(30)28-20-8-9-20/h3-7,10-14,20H,8-9H2,1-2H3,(H,28,30). The Bertz CT molecular complexity index is 1520. The van der Waals surface area contributed by atoms with Crippen molar-refractivity contribution in [3.05, 3.63) is 83.3 Å². The number of carbonyl (C=O) groups excluding carboxylic acids is 1. The number of carbonyl (C=O) groups is 1. The Morgan fingerprint density at radius 1 is 1.09 bits per heavy atom. The van der Waals surface area contributed by atoms with Crippen LogP contribution < -0.4 is 5.32 Å². The van der Waals surface area contributed by atoms with E-state index in [1.165, 1.54) is 12.3 Å². The SMILES string of the molecule is Cc1ccccc1S(=O)(=O)n1ncc2cc(-c3cc(C(=O)NC4CC4)cc(F)c3C)ccc21. The van der Waals surface area contributed by atoms with Gasteiger partial charge in [-0.25, -0.2) is 4.39 Å². The maximum Gasteiger partial charge on any atom is 0.283 e. The van der Waals surface area contributed by atoms with Gasteiger partial charge in [0.15, 0.2) is 0 Å². The first kappa shape index (κ1) is 21.3. The van der Waals surface area contributed by atoms with Crippen LogP contribution in [0, 0.1) is 19.7 Å². The third kappa shape index (κ3) is 3.80. The van der Waals surface area contributed by atoms with E-state index in [0.29, 0.717) is 33.2 Å². The van der Waals surface area contributed by atoms with Crippen molar-refractivity contribution in [3.63, 3.8) is 0 Å². The number of nitrogens with one attached hydrogen (secondary N) is 1. The third-order valence-electron chi connectivity index (χ3n) is 5.96. The van der Waals surface area contributed by atoms with Crippen LogP contribution >= 0.6 is 0 Å². The predicted molar refractivity (Wildman–Crippen MR) is 124 cm³/mol. The van der Waals surface area contributed by atoms with E-state index in [-0.39, 0.29) is 22.4 Å². The molecule has 1 saturated carbocycles. The molecular weight excluding hydrogens is 441 g/mol. The van der Waals surface area contributed by atoms with Crippen molar-refractivity contribution < 1.29 is 17.6 Å². The number of rotatable bonds is 5. The van der Waals surface area contributed by atoms with Gasteiger partial charge in [0.2, 0.25) is 0 Å². The highest BCUT2D eigenvalue weighted by molar-refractivity contribution is 7.90. The van der Waals surface area contributed by atoms with Crippen molar-refractivity contribution >= 4 is 26.8 Å². The fourth-order valence-corrected chi connectivity index (χ4v) is 5.42. The molecule has 1 aliphatic rings. The van der Waals surface area contributed by atoms with E-state index >= 15 is 0 Å². The van der Waals surface area contributed by atoms with Crippen LogP contribution in [0.3, 0.4) is 0 Å². The summed E-state index contributed by atoms with van der Waals surface area (Å²) in [5.74, 6) is -0.762. The highest BCUT2D eigenvalue weighted by Gasteiger charge is 2.25. The van der Waals surface area contributed by atoms with Gasteiger partial charge in [0.1, 0.15) is 5.82 Å². The first-order valence-electron chi connectivity index (χ1n) is 10.7. The lowest BCUT2D eigenvalue weighted by Crippen LogP contribution is -2.25. The van der Waals surface area contributed by atoms with Crippen LogP contribution in [0.5, 0.6) is 0 Å². The van der Waals surface area contributed by atoms with E-state index in [1.54, 1.807) is 62.4 Å². The molecule has 1 aliphatic carbocycles. The minimum Gasteiger partial charge on any atom is -0.349 e.